The van der Waals surface area contributed by atoms with Crippen LogP contribution in [0.2, 0.25) is 0 Å². The molecule has 0 aliphatic carbocycles. The Balaban J connectivity index is 2.32. The Morgan fingerprint density at radius 2 is 1.47 bits per heavy atom. The molecule has 0 N–H and O–H groups in total. The molecule has 0 aromatic carbocycles. The topological polar surface area (TPSA) is 26.3 Å². The van der Waals surface area contributed by atoms with Crippen molar-refractivity contribution >= 4 is 5.97 Å². The molecule has 2 heteroatoms. The molecule has 1 heterocycles. The summed E-state index contributed by atoms with van der Waals surface area (Å²) >= 11 is 0. The normalized spacial score (nSPS) is 25.6. The monoisotopic (exact) mass is 238 g/mol. The number of hydrogen-bond donors (Lipinski definition) is 0. The van der Waals surface area contributed by atoms with Gasteiger partial charge >= 0.3 is 5.97 Å². The summed E-state index contributed by atoms with van der Waals surface area (Å²) in [6, 6.07) is 0. The van der Waals surface area contributed by atoms with Gasteiger partial charge in [-0.3, -0.25) is 4.79 Å². The van der Waals surface area contributed by atoms with Crippen molar-refractivity contribution < 1.29 is 9.53 Å². The lowest BCUT2D eigenvalue weighted by Gasteiger charge is -2.14. The minimum atomic E-state index is -0.0644. The number of esters is 1. The van der Waals surface area contributed by atoms with Crippen LogP contribution in [0.15, 0.2) is 12.7 Å². The van der Waals surface area contributed by atoms with E-state index in [-0.39, 0.29) is 12.1 Å². The summed E-state index contributed by atoms with van der Waals surface area (Å²) in [5.74, 6) is -0.0491. The van der Waals surface area contributed by atoms with Gasteiger partial charge in [0.1, 0.15) is 6.10 Å². The van der Waals surface area contributed by atoms with E-state index in [1.807, 2.05) is 0 Å². The molecule has 2 nitrogen and oxygen atoms in total. The van der Waals surface area contributed by atoms with Crippen LogP contribution in [0, 0.1) is 0 Å². The molecule has 0 aromatic rings. The van der Waals surface area contributed by atoms with Gasteiger partial charge in [0.25, 0.3) is 0 Å². The Hall–Kier alpha value is -0.790. The van der Waals surface area contributed by atoms with E-state index in [4.69, 9.17) is 4.74 Å². The van der Waals surface area contributed by atoms with Crippen LogP contribution < -0.4 is 0 Å². The standard InChI is InChI=1S/C15H26O2/c1-2-14-12-10-8-6-4-3-5-7-9-11-13-15(16)17-14/h2,14H,1,3-13H2. The highest BCUT2D eigenvalue weighted by Gasteiger charge is 2.10. The van der Waals surface area contributed by atoms with E-state index in [1.54, 1.807) is 6.08 Å². The van der Waals surface area contributed by atoms with Gasteiger partial charge in [0, 0.05) is 6.42 Å². The highest BCUT2D eigenvalue weighted by molar-refractivity contribution is 5.69. The maximum Gasteiger partial charge on any atom is 0.306 e. The third-order valence-corrected chi connectivity index (χ3v) is 3.42. The maximum absolute atomic E-state index is 11.6. The van der Waals surface area contributed by atoms with E-state index in [2.05, 4.69) is 6.58 Å². The molecule has 0 saturated carbocycles. The molecule has 1 rings (SSSR count). The zero-order chi connectivity index (χ0) is 12.3. The Morgan fingerprint density at radius 3 is 2.06 bits per heavy atom. The van der Waals surface area contributed by atoms with Crippen molar-refractivity contribution in [3.63, 3.8) is 0 Å². The van der Waals surface area contributed by atoms with Crippen LogP contribution in [0.1, 0.15) is 70.6 Å². The Kier molecular flexibility index (Phi) is 7.78. The van der Waals surface area contributed by atoms with Crippen LogP contribution in [0.4, 0.5) is 0 Å². The van der Waals surface area contributed by atoms with Gasteiger partial charge in [-0.05, 0) is 19.3 Å². The van der Waals surface area contributed by atoms with Crippen LogP contribution in [0.3, 0.4) is 0 Å². The lowest BCUT2D eigenvalue weighted by atomic mass is 10.0. The van der Waals surface area contributed by atoms with Crippen LogP contribution in [-0.2, 0) is 9.53 Å². The quantitative estimate of drug-likeness (QED) is 0.500. The average molecular weight is 238 g/mol. The molecule has 0 bridgehead atoms. The van der Waals surface area contributed by atoms with Crippen molar-refractivity contribution in [3.8, 4) is 0 Å². The molecule has 1 fully saturated rings. The molecular formula is C15H26O2. The Labute approximate surface area is 105 Å². The summed E-state index contributed by atoms with van der Waals surface area (Å²) in [5, 5.41) is 0. The number of ether oxygens (including phenoxy) is 1. The second kappa shape index (κ2) is 9.26. The molecule has 0 amide bonds. The summed E-state index contributed by atoms with van der Waals surface area (Å²) in [7, 11) is 0. The number of cyclic esters (lactones) is 1. The molecule has 1 unspecified atom stereocenters. The van der Waals surface area contributed by atoms with E-state index in [0.717, 1.165) is 25.7 Å². The van der Waals surface area contributed by atoms with E-state index in [0.29, 0.717) is 6.42 Å². The van der Waals surface area contributed by atoms with Gasteiger partial charge in [-0.2, -0.15) is 0 Å². The molecule has 0 spiro atoms. The van der Waals surface area contributed by atoms with Gasteiger partial charge in [-0.15, -0.1) is 0 Å². The van der Waals surface area contributed by atoms with Crippen molar-refractivity contribution in [2.45, 2.75) is 76.7 Å². The third-order valence-electron chi connectivity index (χ3n) is 3.42. The van der Waals surface area contributed by atoms with Gasteiger partial charge < -0.3 is 4.74 Å². The minimum Gasteiger partial charge on any atom is -0.458 e. The van der Waals surface area contributed by atoms with Crippen molar-refractivity contribution in [2.75, 3.05) is 0 Å². The van der Waals surface area contributed by atoms with Crippen molar-refractivity contribution in [3.05, 3.63) is 12.7 Å². The second-order valence-corrected chi connectivity index (χ2v) is 4.98. The van der Waals surface area contributed by atoms with Crippen molar-refractivity contribution in [2.24, 2.45) is 0 Å². The number of carbonyl (C=O) groups is 1. The molecule has 1 aliphatic heterocycles. The predicted octanol–water partition coefficient (Wildman–Crippen LogP) is 4.39. The first-order valence-corrected chi connectivity index (χ1v) is 7.15. The minimum absolute atomic E-state index is 0.0491. The number of rotatable bonds is 1. The molecule has 98 valence electrons. The van der Waals surface area contributed by atoms with Crippen LogP contribution in [0.5, 0.6) is 0 Å². The molecule has 1 atom stereocenters. The van der Waals surface area contributed by atoms with Gasteiger partial charge in [-0.25, -0.2) is 0 Å². The van der Waals surface area contributed by atoms with E-state index in [9.17, 15) is 4.79 Å². The van der Waals surface area contributed by atoms with E-state index >= 15 is 0 Å². The molecule has 1 aliphatic rings. The third kappa shape index (κ3) is 7.19. The lowest BCUT2D eigenvalue weighted by Crippen LogP contribution is -2.15. The molecule has 0 aromatic heterocycles. The van der Waals surface area contributed by atoms with Gasteiger partial charge in [0.2, 0.25) is 0 Å². The highest BCUT2D eigenvalue weighted by atomic mass is 16.5. The molecule has 17 heavy (non-hydrogen) atoms. The fourth-order valence-corrected chi connectivity index (χ4v) is 2.30. The fourth-order valence-electron chi connectivity index (χ4n) is 2.30. The second-order valence-electron chi connectivity index (χ2n) is 4.98. The average Bonchev–Trinajstić information content (AvgIpc) is 2.33. The van der Waals surface area contributed by atoms with E-state index in [1.165, 1.54) is 38.5 Å². The zero-order valence-corrected chi connectivity index (χ0v) is 11.0. The molecular weight excluding hydrogens is 212 g/mol. The summed E-state index contributed by atoms with van der Waals surface area (Å²) < 4.78 is 5.39. The summed E-state index contributed by atoms with van der Waals surface area (Å²) in [6.45, 7) is 3.74. The van der Waals surface area contributed by atoms with Crippen LogP contribution in [-0.4, -0.2) is 12.1 Å². The van der Waals surface area contributed by atoms with E-state index < -0.39 is 0 Å². The van der Waals surface area contributed by atoms with Gasteiger partial charge in [0.05, 0.1) is 0 Å². The number of hydrogen-bond acceptors (Lipinski definition) is 2. The first-order valence-electron chi connectivity index (χ1n) is 7.15. The SMILES string of the molecule is C=CC1CCCCCCCCCCCC(=O)O1. The summed E-state index contributed by atoms with van der Waals surface area (Å²) in [4.78, 5) is 11.6. The predicted molar refractivity (Wildman–Crippen MR) is 70.9 cm³/mol. The number of carbonyl (C=O) groups excluding carboxylic acids is 1. The molecule has 0 radical (unpaired) electrons. The summed E-state index contributed by atoms with van der Waals surface area (Å²) in [5.41, 5.74) is 0. The van der Waals surface area contributed by atoms with Gasteiger partial charge in [-0.1, -0.05) is 57.6 Å². The molecule has 1 saturated heterocycles. The maximum atomic E-state index is 11.6. The lowest BCUT2D eigenvalue weighted by molar-refractivity contribution is -0.147. The summed E-state index contributed by atoms with van der Waals surface area (Å²) in [6.07, 6.45) is 14.4. The van der Waals surface area contributed by atoms with Crippen molar-refractivity contribution in [1.82, 2.24) is 0 Å². The largest absolute Gasteiger partial charge is 0.458 e. The van der Waals surface area contributed by atoms with Crippen molar-refractivity contribution in [1.29, 1.82) is 0 Å². The fraction of sp³-hybridized carbons (Fsp3) is 0.800. The van der Waals surface area contributed by atoms with Gasteiger partial charge in [0.15, 0.2) is 0 Å². The Bertz CT molecular complexity index is 223. The highest BCUT2D eigenvalue weighted by Crippen LogP contribution is 2.15. The van der Waals surface area contributed by atoms with Crippen LogP contribution in [0.25, 0.3) is 0 Å². The smallest absolute Gasteiger partial charge is 0.306 e. The first-order chi connectivity index (χ1) is 8.33. The Morgan fingerprint density at radius 1 is 0.941 bits per heavy atom. The zero-order valence-electron chi connectivity index (χ0n) is 11.0. The van der Waals surface area contributed by atoms with Crippen LogP contribution >= 0.6 is 0 Å². The first kappa shape index (κ1) is 14.3.